The number of anilines is 1. The highest BCUT2D eigenvalue weighted by Crippen LogP contribution is 2.39. The average molecular weight is 346 g/mol. The van der Waals surface area contributed by atoms with E-state index in [9.17, 15) is 0 Å². The number of nitrogens with zero attached hydrogens (tertiary/aromatic N) is 2. The van der Waals surface area contributed by atoms with E-state index in [1.807, 2.05) is 0 Å². The predicted molar refractivity (Wildman–Crippen MR) is 90.3 cm³/mol. The van der Waals surface area contributed by atoms with Gasteiger partial charge in [0.25, 0.3) is 0 Å². The van der Waals surface area contributed by atoms with Crippen molar-refractivity contribution in [3.8, 4) is 11.4 Å². The molecule has 0 amide bonds. The van der Waals surface area contributed by atoms with Crippen molar-refractivity contribution < 1.29 is 0 Å². The fourth-order valence-electron chi connectivity index (χ4n) is 2.96. The third-order valence-corrected chi connectivity index (χ3v) is 5.22. The summed E-state index contributed by atoms with van der Waals surface area (Å²) in [6, 6.07) is 6.32. The molecule has 0 unspecified atom stereocenters. The topological polar surface area (TPSA) is 51.8 Å². The van der Waals surface area contributed by atoms with E-state index in [4.69, 9.17) is 10.7 Å². The molecule has 0 radical (unpaired) electrons. The number of aromatic nitrogens is 2. The van der Waals surface area contributed by atoms with E-state index in [1.165, 1.54) is 36.8 Å². The summed E-state index contributed by atoms with van der Waals surface area (Å²) in [6.45, 7) is 4.22. The molecule has 2 N–H and O–H groups in total. The van der Waals surface area contributed by atoms with Gasteiger partial charge < -0.3 is 5.73 Å². The van der Waals surface area contributed by atoms with Crippen LogP contribution in [0.1, 0.15) is 48.4 Å². The number of rotatable bonds is 2. The minimum atomic E-state index is 0.509. The van der Waals surface area contributed by atoms with Crippen molar-refractivity contribution in [3.63, 3.8) is 0 Å². The summed E-state index contributed by atoms with van der Waals surface area (Å²) in [5.74, 6) is 1.79. The molecule has 3 rings (SSSR count). The van der Waals surface area contributed by atoms with Crippen LogP contribution in [0, 0.1) is 13.8 Å². The number of hydrogen-bond acceptors (Lipinski definition) is 3. The molecule has 0 atom stereocenters. The molecule has 0 aliphatic heterocycles. The zero-order chi connectivity index (χ0) is 15.0. The summed E-state index contributed by atoms with van der Waals surface area (Å²) >= 11 is 3.57. The summed E-state index contributed by atoms with van der Waals surface area (Å²) in [5.41, 5.74) is 10.7. The van der Waals surface area contributed by atoms with Crippen LogP contribution in [0.5, 0.6) is 0 Å². The van der Waals surface area contributed by atoms with Gasteiger partial charge in [0.05, 0.1) is 10.2 Å². The maximum absolute atomic E-state index is 6.10. The maximum Gasteiger partial charge on any atom is 0.161 e. The second-order valence-electron chi connectivity index (χ2n) is 5.91. The van der Waals surface area contributed by atoms with Gasteiger partial charge in [0.1, 0.15) is 5.82 Å². The zero-order valence-corrected chi connectivity index (χ0v) is 14.1. The minimum absolute atomic E-state index is 0.509. The lowest BCUT2D eigenvalue weighted by molar-refractivity contribution is 0.691. The molecule has 1 aromatic heterocycles. The van der Waals surface area contributed by atoms with Crippen LogP contribution in [-0.2, 0) is 0 Å². The molecule has 3 nitrogen and oxygen atoms in total. The lowest BCUT2D eigenvalue weighted by atomic mass is 10.0. The number of halogens is 1. The van der Waals surface area contributed by atoms with Crippen molar-refractivity contribution in [1.29, 1.82) is 0 Å². The number of hydrogen-bond donors (Lipinski definition) is 1. The lowest BCUT2D eigenvalue weighted by Gasteiger charge is -2.14. The molecule has 4 heteroatoms. The third kappa shape index (κ3) is 2.82. The molecule has 1 fully saturated rings. The van der Waals surface area contributed by atoms with Crippen molar-refractivity contribution in [2.75, 3.05) is 5.73 Å². The molecule has 1 heterocycles. The quantitative estimate of drug-likeness (QED) is 0.853. The van der Waals surface area contributed by atoms with Gasteiger partial charge in [0.2, 0.25) is 0 Å². The molecule has 21 heavy (non-hydrogen) atoms. The van der Waals surface area contributed by atoms with Gasteiger partial charge in [-0.25, -0.2) is 9.97 Å². The maximum atomic E-state index is 6.10. The first-order valence-electron chi connectivity index (χ1n) is 7.47. The Morgan fingerprint density at radius 2 is 1.81 bits per heavy atom. The van der Waals surface area contributed by atoms with Crippen molar-refractivity contribution in [2.24, 2.45) is 0 Å². The first kappa shape index (κ1) is 14.5. The molecule has 2 aromatic rings. The third-order valence-electron chi connectivity index (χ3n) is 4.41. The van der Waals surface area contributed by atoms with Crippen LogP contribution >= 0.6 is 15.9 Å². The molecule has 1 saturated carbocycles. The smallest absolute Gasteiger partial charge is 0.161 e. The van der Waals surface area contributed by atoms with Crippen LogP contribution in [-0.4, -0.2) is 9.97 Å². The second kappa shape index (κ2) is 5.76. The van der Waals surface area contributed by atoms with Crippen molar-refractivity contribution in [2.45, 2.75) is 45.4 Å². The highest BCUT2D eigenvalue weighted by Gasteiger charge is 2.23. The fourth-order valence-corrected chi connectivity index (χ4v) is 3.46. The normalized spacial score (nSPS) is 15.6. The van der Waals surface area contributed by atoms with E-state index in [0.29, 0.717) is 11.7 Å². The van der Waals surface area contributed by atoms with E-state index in [0.717, 1.165) is 21.6 Å². The standard InChI is InChI=1S/C17H20BrN3/c1-10-7-8-13(9-11(10)2)17-20-15(12-5-3-4-6-12)14(18)16(19)21-17/h7-9,12H,3-6H2,1-2H3,(H2,19,20,21). The van der Waals surface area contributed by atoms with Crippen LogP contribution in [0.25, 0.3) is 11.4 Å². The van der Waals surface area contributed by atoms with E-state index in [2.05, 4.69) is 53.0 Å². The Morgan fingerprint density at radius 1 is 1.10 bits per heavy atom. The SMILES string of the molecule is Cc1ccc(-c2nc(N)c(Br)c(C3CCCC3)n2)cc1C. The van der Waals surface area contributed by atoms with Gasteiger partial charge in [-0.2, -0.15) is 0 Å². The van der Waals surface area contributed by atoms with Crippen LogP contribution in [0.3, 0.4) is 0 Å². The number of benzene rings is 1. The molecule has 0 spiro atoms. The molecular formula is C17H20BrN3. The highest BCUT2D eigenvalue weighted by molar-refractivity contribution is 9.10. The van der Waals surface area contributed by atoms with Gasteiger partial charge >= 0.3 is 0 Å². The van der Waals surface area contributed by atoms with E-state index < -0.39 is 0 Å². The first-order valence-corrected chi connectivity index (χ1v) is 8.26. The number of aryl methyl sites for hydroxylation is 2. The number of nitrogens with two attached hydrogens (primary N) is 1. The Labute approximate surface area is 134 Å². The summed E-state index contributed by atoms with van der Waals surface area (Å²) in [6.07, 6.45) is 4.95. The summed E-state index contributed by atoms with van der Waals surface area (Å²) in [5, 5.41) is 0. The van der Waals surface area contributed by atoms with E-state index in [-0.39, 0.29) is 0 Å². The molecule has 0 saturated heterocycles. The Bertz CT molecular complexity index is 676. The Hall–Kier alpha value is -1.42. The monoisotopic (exact) mass is 345 g/mol. The lowest BCUT2D eigenvalue weighted by Crippen LogP contribution is -2.06. The largest absolute Gasteiger partial charge is 0.383 e. The van der Waals surface area contributed by atoms with Gasteiger partial charge in [0, 0.05) is 11.5 Å². The van der Waals surface area contributed by atoms with Crippen molar-refractivity contribution in [3.05, 3.63) is 39.5 Å². The molecule has 1 aliphatic carbocycles. The van der Waals surface area contributed by atoms with Gasteiger partial charge in [-0.3, -0.25) is 0 Å². The van der Waals surface area contributed by atoms with Gasteiger partial charge in [0.15, 0.2) is 5.82 Å². The van der Waals surface area contributed by atoms with Crippen LogP contribution in [0.15, 0.2) is 22.7 Å². The highest BCUT2D eigenvalue weighted by atomic mass is 79.9. The van der Waals surface area contributed by atoms with Gasteiger partial charge in [-0.1, -0.05) is 25.0 Å². The van der Waals surface area contributed by atoms with Crippen LogP contribution < -0.4 is 5.73 Å². The summed E-state index contributed by atoms with van der Waals surface area (Å²) in [4.78, 5) is 9.28. The van der Waals surface area contributed by atoms with Crippen molar-refractivity contribution in [1.82, 2.24) is 9.97 Å². The molecular weight excluding hydrogens is 326 g/mol. The van der Waals surface area contributed by atoms with Crippen LogP contribution in [0.4, 0.5) is 5.82 Å². The number of nitrogen functional groups attached to an aromatic ring is 1. The minimum Gasteiger partial charge on any atom is -0.383 e. The Balaban J connectivity index is 2.08. The molecule has 1 aromatic carbocycles. The van der Waals surface area contributed by atoms with Gasteiger partial charge in [-0.15, -0.1) is 0 Å². The summed E-state index contributed by atoms with van der Waals surface area (Å²) < 4.78 is 0.877. The zero-order valence-electron chi connectivity index (χ0n) is 12.5. The summed E-state index contributed by atoms with van der Waals surface area (Å²) in [7, 11) is 0. The fraction of sp³-hybridized carbons (Fsp3) is 0.412. The van der Waals surface area contributed by atoms with E-state index >= 15 is 0 Å². The first-order chi connectivity index (χ1) is 10.1. The van der Waals surface area contributed by atoms with Crippen molar-refractivity contribution >= 4 is 21.7 Å². The van der Waals surface area contributed by atoms with Crippen LogP contribution in [0.2, 0.25) is 0 Å². The van der Waals surface area contributed by atoms with Gasteiger partial charge in [-0.05, 0) is 59.8 Å². The Morgan fingerprint density at radius 3 is 2.48 bits per heavy atom. The molecule has 110 valence electrons. The molecule has 1 aliphatic rings. The Kier molecular flexibility index (Phi) is 3.98. The second-order valence-corrected chi connectivity index (χ2v) is 6.71. The van der Waals surface area contributed by atoms with E-state index in [1.54, 1.807) is 0 Å². The average Bonchev–Trinajstić information content (AvgIpc) is 2.98. The predicted octanol–water partition coefficient (Wildman–Crippen LogP) is 4.76. The molecule has 0 bridgehead atoms.